The Balaban J connectivity index is 1.49. The molecule has 5 rings (SSSR count). The van der Waals surface area contributed by atoms with E-state index in [0.29, 0.717) is 0 Å². The second-order valence-corrected chi connectivity index (χ2v) is 7.12. The van der Waals surface area contributed by atoms with Crippen LogP contribution in [0.25, 0.3) is 0 Å². The third kappa shape index (κ3) is 1.87. The Labute approximate surface area is 105 Å². The normalized spacial score (nSPS) is 48.2. The minimum Gasteiger partial charge on any atom is -0.313 e. The van der Waals surface area contributed by atoms with Gasteiger partial charge in [0.1, 0.15) is 0 Å². The van der Waals surface area contributed by atoms with Gasteiger partial charge in [0.05, 0.1) is 0 Å². The molecular formula is C16H25N. The van der Waals surface area contributed by atoms with Crippen LogP contribution in [0.5, 0.6) is 0 Å². The van der Waals surface area contributed by atoms with Crippen molar-refractivity contribution in [3.63, 3.8) is 0 Å². The standard InChI is InChI=1S/C16H25N/c1-3-17-4-2-11(1)10-16-14-6-12-5-13(8-14)9-15(16)7-12/h1,12-17H,2-10H2. The Morgan fingerprint density at radius 2 is 1.71 bits per heavy atom. The fraction of sp³-hybridized carbons (Fsp3) is 0.875. The number of nitrogens with one attached hydrogen (secondary N) is 1. The lowest BCUT2D eigenvalue weighted by molar-refractivity contribution is -0.0362. The van der Waals surface area contributed by atoms with Gasteiger partial charge in [0.2, 0.25) is 0 Å². The predicted molar refractivity (Wildman–Crippen MR) is 70.7 cm³/mol. The fourth-order valence-electron chi connectivity index (χ4n) is 5.53. The first-order valence-corrected chi connectivity index (χ1v) is 7.77. The van der Waals surface area contributed by atoms with E-state index in [1.807, 2.05) is 0 Å². The van der Waals surface area contributed by atoms with E-state index in [1.165, 1.54) is 19.4 Å². The van der Waals surface area contributed by atoms with Crippen LogP contribution in [0.1, 0.15) is 44.9 Å². The molecule has 4 aliphatic carbocycles. The number of hydrogen-bond acceptors (Lipinski definition) is 1. The highest BCUT2D eigenvalue weighted by Crippen LogP contribution is 2.57. The van der Waals surface area contributed by atoms with Crippen LogP contribution < -0.4 is 5.32 Å². The average Bonchev–Trinajstić information content (AvgIpc) is 2.34. The van der Waals surface area contributed by atoms with Crippen LogP contribution in [0.4, 0.5) is 0 Å². The lowest BCUT2D eigenvalue weighted by Crippen LogP contribution is -2.45. The van der Waals surface area contributed by atoms with E-state index >= 15 is 0 Å². The highest BCUT2D eigenvalue weighted by atomic mass is 14.8. The van der Waals surface area contributed by atoms with Gasteiger partial charge in [-0.1, -0.05) is 11.6 Å². The van der Waals surface area contributed by atoms with E-state index in [2.05, 4.69) is 11.4 Å². The monoisotopic (exact) mass is 231 g/mol. The summed E-state index contributed by atoms with van der Waals surface area (Å²) in [6.45, 7) is 2.35. The highest BCUT2D eigenvalue weighted by molar-refractivity contribution is 5.10. The Kier molecular flexibility index (Phi) is 2.57. The van der Waals surface area contributed by atoms with Gasteiger partial charge in [0.25, 0.3) is 0 Å². The molecule has 17 heavy (non-hydrogen) atoms. The van der Waals surface area contributed by atoms with Gasteiger partial charge < -0.3 is 5.32 Å². The van der Waals surface area contributed by atoms with Gasteiger partial charge in [-0.2, -0.15) is 0 Å². The maximum Gasteiger partial charge on any atom is 0.0137 e. The van der Waals surface area contributed by atoms with Gasteiger partial charge in [-0.15, -0.1) is 0 Å². The number of rotatable bonds is 2. The maximum atomic E-state index is 3.44. The van der Waals surface area contributed by atoms with E-state index in [0.717, 1.165) is 36.1 Å². The second kappa shape index (κ2) is 4.12. The molecule has 1 nitrogen and oxygen atoms in total. The Morgan fingerprint density at radius 3 is 2.29 bits per heavy atom. The lowest BCUT2D eigenvalue weighted by Gasteiger charge is -2.55. The van der Waals surface area contributed by atoms with Crippen LogP contribution in [0.2, 0.25) is 0 Å². The van der Waals surface area contributed by atoms with E-state index < -0.39 is 0 Å². The summed E-state index contributed by atoms with van der Waals surface area (Å²) in [6, 6.07) is 0. The summed E-state index contributed by atoms with van der Waals surface area (Å²) in [7, 11) is 0. The molecule has 1 heterocycles. The molecule has 0 saturated heterocycles. The molecule has 0 unspecified atom stereocenters. The largest absolute Gasteiger partial charge is 0.313 e. The first-order valence-electron chi connectivity index (χ1n) is 7.77. The fourth-order valence-corrected chi connectivity index (χ4v) is 5.53. The zero-order chi connectivity index (χ0) is 11.2. The summed E-state index contributed by atoms with van der Waals surface area (Å²) in [5.41, 5.74) is 1.78. The molecule has 1 N–H and O–H groups in total. The van der Waals surface area contributed by atoms with E-state index in [-0.39, 0.29) is 0 Å². The van der Waals surface area contributed by atoms with Crippen molar-refractivity contribution >= 4 is 0 Å². The van der Waals surface area contributed by atoms with Crippen molar-refractivity contribution < 1.29 is 0 Å². The molecule has 0 spiro atoms. The zero-order valence-corrected chi connectivity index (χ0v) is 10.8. The van der Waals surface area contributed by atoms with Gasteiger partial charge in [0.15, 0.2) is 0 Å². The Morgan fingerprint density at radius 1 is 1.00 bits per heavy atom. The molecule has 0 aromatic heterocycles. The molecule has 0 aromatic carbocycles. The first-order chi connectivity index (χ1) is 8.38. The lowest BCUT2D eigenvalue weighted by atomic mass is 9.51. The summed E-state index contributed by atoms with van der Waals surface area (Å²) in [5.74, 6) is 5.57. The third-order valence-corrected chi connectivity index (χ3v) is 6.08. The van der Waals surface area contributed by atoms with Crippen molar-refractivity contribution in [2.45, 2.75) is 44.9 Å². The molecule has 4 fully saturated rings. The molecule has 4 saturated carbocycles. The van der Waals surface area contributed by atoms with Gasteiger partial charge in [-0.3, -0.25) is 0 Å². The van der Waals surface area contributed by atoms with Gasteiger partial charge >= 0.3 is 0 Å². The topological polar surface area (TPSA) is 12.0 Å². The van der Waals surface area contributed by atoms with Crippen molar-refractivity contribution in [2.75, 3.05) is 13.1 Å². The van der Waals surface area contributed by atoms with Crippen LogP contribution in [-0.2, 0) is 0 Å². The van der Waals surface area contributed by atoms with Gasteiger partial charge in [0, 0.05) is 6.54 Å². The highest BCUT2D eigenvalue weighted by Gasteiger charge is 2.47. The molecular weight excluding hydrogens is 206 g/mol. The zero-order valence-electron chi connectivity index (χ0n) is 10.8. The van der Waals surface area contributed by atoms with Crippen LogP contribution in [0, 0.1) is 29.6 Å². The Bertz CT molecular complexity index is 302. The molecule has 94 valence electrons. The minimum atomic E-state index is 1.08. The summed E-state index contributed by atoms with van der Waals surface area (Å²) < 4.78 is 0. The van der Waals surface area contributed by atoms with Crippen LogP contribution in [-0.4, -0.2) is 13.1 Å². The molecule has 1 aliphatic heterocycles. The second-order valence-electron chi connectivity index (χ2n) is 7.12. The van der Waals surface area contributed by atoms with Crippen LogP contribution >= 0.6 is 0 Å². The molecule has 0 aromatic rings. The summed E-state index contributed by atoms with van der Waals surface area (Å²) in [4.78, 5) is 0. The van der Waals surface area contributed by atoms with Gasteiger partial charge in [-0.05, 0) is 81.1 Å². The van der Waals surface area contributed by atoms with Crippen molar-refractivity contribution in [2.24, 2.45) is 29.6 Å². The Hall–Kier alpha value is -0.300. The molecule has 0 atom stereocenters. The summed E-state index contributed by atoms with van der Waals surface area (Å²) in [6.07, 6.45) is 13.2. The van der Waals surface area contributed by atoms with E-state index in [4.69, 9.17) is 0 Å². The number of hydrogen-bond donors (Lipinski definition) is 1. The predicted octanol–water partition coefficient (Wildman–Crippen LogP) is 3.37. The smallest absolute Gasteiger partial charge is 0.0137 e. The SMILES string of the molecule is C1=C(CC2C3CC4CC(C3)CC2C4)CCNC1. The summed E-state index contributed by atoms with van der Waals surface area (Å²) in [5, 5.41) is 3.44. The van der Waals surface area contributed by atoms with Crippen molar-refractivity contribution in [3.8, 4) is 0 Å². The maximum absolute atomic E-state index is 3.44. The van der Waals surface area contributed by atoms with E-state index in [9.17, 15) is 0 Å². The third-order valence-electron chi connectivity index (χ3n) is 6.08. The van der Waals surface area contributed by atoms with Gasteiger partial charge in [-0.25, -0.2) is 0 Å². The molecule has 1 heteroatoms. The van der Waals surface area contributed by atoms with Crippen molar-refractivity contribution in [1.82, 2.24) is 5.32 Å². The molecule has 5 aliphatic rings. The van der Waals surface area contributed by atoms with Crippen LogP contribution in [0.3, 0.4) is 0 Å². The molecule has 0 radical (unpaired) electrons. The molecule has 0 amide bonds. The molecule has 4 bridgehead atoms. The summed E-state index contributed by atoms with van der Waals surface area (Å²) >= 11 is 0. The minimum absolute atomic E-state index is 1.08. The van der Waals surface area contributed by atoms with Crippen molar-refractivity contribution in [1.29, 1.82) is 0 Å². The first kappa shape index (κ1) is 10.6. The quantitative estimate of drug-likeness (QED) is 0.719. The van der Waals surface area contributed by atoms with E-state index in [1.54, 1.807) is 37.7 Å². The van der Waals surface area contributed by atoms with Crippen molar-refractivity contribution in [3.05, 3.63) is 11.6 Å². The van der Waals surface area contributed by atoms with Crippen LogP contribution in [0.15, 0.2) is 11.6 Å². The average molecular weight is 231 g/mol.